The molecule has 2 aromatic rings. The molecule has 0 radical (unpaired) electrons. The van der Waals surface area contributed by atoms with E-state index in [0.717, 1.165) is 10.0 Å². The molecule has 23 heavy (non-hydrogen) atoms. The number of rotatable bonds is 6. The molecule has 2 rings (SSSR count). The van der Waals surface area contributed by atoms with Gasteiger partial charge in [-0.05, 0) is 36.2 Å². The molecule has 0 atom stereocenters. The van der Waals surface area contributed by atoms with E-state index in [-0.39, 0.29) is 18.9 Å². The van der Waals surface area contributed by atoms with E-state index in [4.69, 9.17) is 4.74 Å². The molecule has 0 aliphatic carbocycles. The van der Waals surface area contributed by atoms with E-state index in [1.165, 1.54) is 0 Å². The van der Waals surface area contributed by atoms with E-state index in [2.05, 4.69) is 31.9 Å². The average molecular weight is 381 g/mol. The Bertz CT molecular complexity index is 670. The lowest BCUT2D eigenvalue weighted by atomic mass is 10.2. The van der Waals surface area contributed by atoms with Gasteiger partial charge in [-0.3, -0.25) is 25.1 Å². The van der Waals surface area contributed by atoms with Crippen molar-refractivity contribution in [1.82, 2.24) is 20.6 Å². The number of amides is 2. The van der Waals surface area contributed by atoms with Gasteiger partial charge in [0.25, 0.3) is 5.91 Å². The summed E-state index contributed by atoms with van der Waals surface area (Å²) in [5.74, 6) is -0.125. The summed E-state index contributed by atoms with van der Waals surface area (Å²) in [6, 6.07) is 7.11. The van der Waals surface area contributed by atoms with E-state index in [1.807, 2.05) is 25.4 Å². The number of aryl methyl sites for hydroxylation is 2. The molecule has 0 saturated carbocycles. The standard InChI is InChI=1S/C15H17BrN4O3/c1-20-9-11(8-17-20)2-7-14(21)18-19-15(22)10-23-13-5-3-12(16)4-6-13/h3-6,8-9H,2,7,10H2,1H3,(H,18,21)(H,19,22). The quantitative estimate of drug-likeness (QED) is 0.740. The van der Waals surface area contributed by atoms with Crippen LogP contribution in [0, 0.1) is 0 Å². The number of benzene rings is 1. The van der Waals surface area contributed by atoms with Gasteiger partial charge in [-0.1, -0.05) is 15.9 Å². The Morgan fingerprint density at radius 3 is 2.57 bits per heavy atom. The van der Waals surface area contributed by atoms with Gasteiger partial charge in [0, 0.05) is 24.1 Å². The molecular weight excluding hydrogens is 364 g/mol. The summed E-state index contributed by atoms with van der Waals surface area (Å²) in [5.41, 5.74) is 5.63. The lowest BCUT2D eigenvalue weighted by Gasteiger charge is -2.08. The summed E-state index contributed by atoms with van der Waals surface area (Å²) < 4.78 is 7.89. The first kappa shape index (κ1) is 17.0. The van der Waals surface area contributed by atoms with Crippen LogP contribution in [0.3, 0.4) is 0 Å². The predicted octanol–water partition coefficient (Wildman–Crippen LogP) is 1.34. The molecule has 0 unspecified atom stereocenters. The van der Waals surface area contributed by atoms with Crippen LogP contribution in [0.1, 0.15) is 12.0 Å². The Morgan fingerprint density at radius 2 is 1.91 bits per heavy atom. The van der Waals surface area contributed by atoms with Gasteiger partial charge in [0.15, 0.2) is 6.61 Å². The molecule has 0 saturated heterocycles. The third kappa shape index (κ3) is 6.11. The molecule has 0 bridgehead atoms. The van der Waals surface area contributed by atoms with E-state index in [1.54, 1.807) is 23.0 Å². The number of hydrazine groups is 1. The van der Waals surface area contributed by atoms with Gasteiger partial charge in [0.2, 0.25) is 5.91 Å². The van der Waals surface area contributed by atoms with Crippen LogP contribution in [0.2, 0.25) is 0 Å². The van der Waals surface area contributed by atoms with Crippen LogP contribution in [0.5, 0.6) is 5.75 Å². The summed E-state index contributed by atoms with van der Waals surface area (Å²) in [4.78, 5) is 23.2. The number of carbonyl (C=O) groups excluding carboxylic acids is 2. The number of halogens is 1. The predicted molar refractivity (Wildman–Crippen MR) is 87.5 cm³/mol. The molecule has 2 N–H and O–H groups in total. The molecule has 2 amide bonds. The van der Waals surface area contributed by atoms with Crippen molar-refractivity contribution in [2.75, 3.05) is 6.61 Å². The maximum absolute atomic E-state index is 11.6. The zero-order valence-electron chi connectivity index (χ0n) is 12.6. The topological polar surface area (TPSA) is 85.2 Å². The van der Waals surface area contributed by atoms with Crippen LogP contribution >= 0.6 is 15.9 Å². The Balaban J connectivity index is 1.63. The molecule has 0 aliphatic heterocycles. The van der Waals surface area contributed by atoms with E-state index < -0.39 is 5.91 Å². The van der Waals surface area contributed by atoms with E-state index >= 15 is 0 Å². The van der Waals surface area contributed by atoms with Crippen molar-refractivity contribution in [2.24, 2.45) is 7.05 Å². The summed E-state index contributed by atoms with van der Waals surface area (Å²) in [6.45, 7) is -0.176. The number of nitrogens with zero attached hydrogens (tertiary/aromatic N) is 2. The monoisotopic (exact) mass is 380 g/mol. The number of aromatic nitrogens is 2. The first-order valence-corrected chi connectivity index (χ1v) is 7.76. The van der Waals surface area contributed by atoms with Gasteiger partial charge >= 0.3 is 0 Å². The maximum Gasteiger partial charge on any atom is 0.276 e. The van der Waals surface area contributed by atoms with E-state index in [9.17, 15) is 9.59 Å². The third-order valence-electron chi connectivity index (χ3n) is 2.92. The molecule has 0 fully saturated rings. The lowest BCUT2D eigenvalue weighted by molar-refractivity contribution is -0.130. The molecular formula is C15H17BrN4O3. The van der Waals surface area contributed by atoms with Crippen LogP contribution < -0.4 is 15.6 Å². The molecule has 7 nitrogen and oxygen atoms in total. The minimum atomic E-state index is -0.428. The highest BCUT2D eigenvalue weighted by Gasteiger charge is 2.07. The highest BCUT2D eigenvalue weighted by molar-refractivity contribution is 9.10. The zero-order chi connectivity index (χ0) is 16.7. The fourth-order valence-electron chi connectivity index (χ4n) is 1.78. The maximum atomic E-state index is 11.6. The van der Waals surface area contributed by atoms with E-state index in [0.29, 0.717) is 12.2 Å². The number of hydrogen-bond acceptors (Lipinski definition) is 4. The number of hydrogen-bond donors (Lipinski definition) is 2. The van der Waals surface area contributed by atoms with Crippen molar-refractivity contribution in [3.05, 3.63) is 46.7 Å². The van der Waals surface area contributed by atoms with Crippen LogP contribution in [0.4, 0.5) is 0 Å². The molecule has 1 heterocycles. The highest BCUT2D eigenvalue weighted by Crippen LogP contribution is 2.15. The fraction of sp³-hybridized carbons (Fsp3) is 0.267. The molecule has 122 valence electrons. The van der Waals surface area contributed by atoms with Crippen molar-refractivity contribution >= 4 is 27.7 Å². The van der Waals surface area contributed by atoms with Crippen molar-refractivity contribution in [3.63, 3.8) is 0 Å². The first-order chi connectivity index (χ1) is 11.0. The van der Waals surface area contributed by atoms with Gasteiger partial charge < -0.3 is 4.74 Å². The van der Waals surface area contributed by atoms with Crippen molar-refractivity contribution in [2.45, 2.75) is 12.8 Å². The van der Waals surface area contributed by atoms with Crippen LogP contribution in [0.25, 0.3) is 0 Å². The minimum absolute atomic E-state index is 0.176. The number of ether oxygens (including phenoxy) is 1. The molecule has 0 aliphatic rings. The normalized spacial score (nSPS) is 10.2. The number of nitrogens with one attached hydrogen (secondary N) is 2. The summed E-state index contributed by atoms with van der Waals surface area (Å²) in [6.07, 6.45) is 4.38. The Hall–Kier alpha value is -2.35. The minimum Gasteiger partial charge on any atom is -0.484 e. The first-order valence-electron chi connectivity index (χ1n) is 6.96. The Labute approximate surface area is 142 Å². The van der Waals surface area contributed by atoms with Gasteiger partial charge in [0.1, 0.15) is 5.75 Å². The summed E-state index contributed by atoms with van der Waals surface area (Å²) >= 11 is 3.31. The fourth-order valence-corrected chi connectivity index (χ4v) is 2.04. The average Bonchev–Trinajstić information content (AvgIpc) is 2.96. The summed E-state index contributed by atoms with van der Waals surface area (Å²) in [7, 11) is 1.81. The molecule has 8 heteroatoms. The van der Waals surface area contributed by atoms with Crippen LogP contribution in [-0.4, -0.2) is 28.2 Å². The zero-order valence-corrected chi connectivity index (χ0v) is 14.2. The summed E-state index contributed by atoms with van der Waals surface area (Å²) in [5, 5.41) is 4.02. The SMILES string of the molecule is Cn1cc(CCC(=O)NNC(=O)COc2ccc(Br)cc2)cn1. The van der Waals surface area contributed by atoms with Gasteiger partial charge in [0.05, 0.1) is 6.20 Å². The molecule has 1 aromatic carbocycles. The largest absolute Gasteiger partial charge is 0.484 e. The van der Waals surface area contributed by atoms with Crippen LogP contribution in [-0.2, 0) is 23.1 Å². The smallest absolute Gasteiger partial charge is 0.276 e. The van der Waals surface area contributed by atoms with Gasteiger partial charge in [-0.2, -0.15) is 5.10 Å². The lowest BCUT2D eigenvalue weighted by Crippen LogP contribution is -2.43. The highest BCUT2D eigenvalue weighted by atomic mass is 79.9. The van der Waals surface area contributed by atoms with Crippen molar-refractivity contribution in [3.8, 4) is 5.75 Å². The number of carbonyl (C=O) groups is 2. The van der Waals surface area contributed by atoms with Crippen molar-refractivity contribution in [1.29, 1.82) is 0 Å². The second-order valence-corrected chi connectivity index (χ2v) is 5.78. The second kappa shape index (κ2) is 8.33. The second-order valence-electron chi connectivity index (χ2n) is 4.86. The molecule has 0 spiro atoms. The Morgan fingerprint density at radius 1 is 1.22 bits per heavy atom. The third-order valence-corrected chi connectivity index (χ3v) is 3.45. The molecule has 1 aromatic heterocycles. The van der Waals surface area contributed by atoms with Gasteiger partial charge in [-0.25, -0.2) is 0 Å². The van der Waals surface area contributed by atoms with Crippen molar-refractivity contribution < 1.29 is 14.3 Å². The van der Waals surface area contributed by atoms with Crippen LogP contribution in [0.15, 0.2) is 41.1 Å². The Kier molecular flexibility index (Phi) is 6.16. The van der Waals surface area contributed by atoms with Gasteiger partial charge in [-0.15, -0.1) is 0 Å².